The van der Waals surface area contributed by atoms with Crippen LogP contribution in [-0.2, 0) is 14.1 Å². The molecule has 3 fully saturated rings. The van der Waals surface area contributed by atoms with Gasteiger partial charge in [0.15, 0.2) is 8.32 Å². The predicted octanol–water partition coefficient (Wildman–Crippen LogP) is 4.56. The molecule has 3 aliphatic heterocycles. The number of aliphatic hydroxyl groups excluding tert-OH is 1. The molecule has 0 spiro atoms. The number of aliphatic hydroxyl groups is 1. The predicted molar refractivity (Wildman–Crippen MR) is 105 cm³/mol. The summed E-state index contributed by atoms with van der Waals surface area (Å²) in [5, 5.41) is 11.8. The molecule has 3 heterocycles. The summed E-state index contributed by atoms with van der Waals surface area (Å²) < 4.78 is 6.49. The lowest BCUT2D eigenvalue weighted by Crippen LogP contribution is -2.50. The average molecular weight is 386 g/mol. The number of hydroxylamine groups is 2. The molecule has 0 bridgehead atoms. The zero-order valence-electron chi connectivity index (χ0n) is 17.0. The fourth-order valence-electron chi connectivity index (χ4n) is 5.15. The van der Waals surface area contributed by atoms with Crippen LogP contribution in [0, 0.1) is 0 Å². The van der Waals surface area contributed by atoms with Crippen LogP contribution in [0.3, 0.4) is 0 Å². The molecule has 3 aliphatic rings. The summed E-state index contributed by atoms with van der Waals surface area (Å²) in [4.78, 5) is 11.8. The lowest BCUT2D eigenvalue weighted by atomic mass is 9.87. The van der Waals surface area contributed by atoms with Crippen LogP contribution in [0.5, 0.6) is 0 Å². The Morgan fingerprint density at radius 2 is 1.62 bits per heavy atom. The minimum atomic E-state index is -1.84. The molecule has 0 saturated carbocycles. The van der Waals surface area contributed by atoms with Crippen LogP contribution in [0.25, 0.3) is 0 Å². The van der Waals surface area contributed by atoms with Crippen LogP contribution in [-0.4, -0.2) is 49.6 Å². The monoisotopic (exact) mass is 385 g/mol. The van der Waals surface area contributed by atoms with Gasteiger partial charge in [0, 0.05) is 5.54 Å². The van der Waals surface area contributed by atoms with Gasteiger partial charge in [-0.25, -0.2) is 0 Å². The maximum atomic E-state index is 10.1. The van der Waals surface area contributed by atoms with Gasteiger partial charge in [-0.05, 0) is 19.5 Å². The highest BCUT2D eigenvalue weighted by atomic mass is 28.4. The third kappa shape index (κ3) is 3.91. The van der Waals surface area contributed by atoms with Gasteiger partial charge in [0.1, 0.15) is 11.6 Å². The van der Waals surface area contributed by atoms with Crippen LogP contribution in [0.15, 0.2) is 0 Å². The summed E-state index contributed by atoms with van der Waals surface area (Å²) in [6, 6.07) is 0. The summed E-state index contributed by atoms with van der Waals surface area (Å²) in [5.74, 6) is 0. The molecule has 152 valence electrons. The Bertz CT molecular complexity index is 450. The van der Waals surface area contributed by atoms with E-state index in [0.29, 0.717) is 12.1 Å². The van der Waals surface area contributed by atoms with Crippen LogP contribution >= 0.6 is 0 Å². The Balaban J connectivity index is 1.35. The Morgan fingerprint density at radius 1 is 1.00 bits per heavy atom. The van der Waals surface area contributed by atoms with E-state index in [4.69, 9.17) is 14.1 Å². The highest BCUT2D eigenvalue weighted by Gasteiger charge is 2.73. The second-order valence-electron chi connectivity index (χ2n) is 9.01. The Labute approximate surface area is 160 Å². The van der Waals surface area contributed by atoms with E-state index in [-0.39, 0.29) is 18.8 Å². The first-order valence-corrected chi connectivity index (χ1v) is 13.9. The maximum absolute atomic E-state index is 10.1. The van der Waals surface area contributed by atoms with Crippen molar-refractivity contribution < 1.29 is 19.2 Å². The molecular formula is C20H39NO4Si. The van der Waals surface area contributed by atoms with Crippen molar-refractivity contribution in [1.82, 2.24) is 5.23 Å². The van der Waals surface area contributed by atoms with E-state index in [1.807, 2.05) is 0 Å². The third-order valence-electron chi connectivity index (χ3n) is 6.73. The summed E-state index contributed by atoms with van der Waals surface area (Å²) >= 11 is 0. The van der Waals surface area contributed by atoms with Gasteiger partial charge < -0.3 is 9.53 Å². The highest BCUT2D eigenvalue weighted by molar-refractivity contribution is 6.74. The Hall–Kier alpha value is 0.0169. The lowest BCUT2D eigenvalue weighted by Gasteiger charge is -2.28. The molecule has 5 nitrogen and oxygen atoms in total. The van der Waals surface area contributed by atoms with Gasteiger partial charge in [-0.3, -0.25) is 9.68 Å². The molecule has 1 N–H and O–H groups in total. The van der Waals surface area contributed by atoms with Crippen molar-refractivity contribution in [3.63, 3.8) is 0 Å². The SMILES string of the molecule is CCCCCCCCCCCC[C@H]1ON2OC[C@H]3[C@]2(CO)[C@@H]1O[Si]3(C)C. The molecule has 0 aliphatic carbocycles. The molecule has 3 rings (SSSR count). The fourth-order valence-corrected chi connectivity index (χ4v) is 8.37. The number of rotatable bonds is 12. The summed E-state index contributed by atoms with van der Waals surface area (Å²) in [5.41, 5.74) is -0.151. The molecule has 3 saturated heterocycles. The van der Waals surface area contributed by atoms with Crippen molar-refractivity contribution in [2.45, 2.75) is 114 Å². The first kappa shape index (κ1) is 20.7. The molecule has 0 unspecified atom stereocenters. The molecule has 26 heavy (non-hydrogen) atoms. The largest absolute Gasteiger partial charge is 0.409 e. The van der Waals surface area contributed by atoms with Crippen molar-refractivity contribution in [1.29, 1.82) is 0 Å². The van der Waals surface area contributed by atoms with Crippen LogP contribution < -0.4 is 0 Å². The second kappa shape index (κ2) is 9.01. The van der Waals surface area contributed by atoms with E-state index in [0.717, 1.165) is 6.42 Å². The Kier molecular flexibility index (Phi) is 7.19. The van der Waals surface area contributed by atoms with Crippen LogP contribution in [0.1, 0.15) is 77.6 Å². The minimum absolute atomic E-state index is 0.0276. The number of unbranched alkanes of at least 4 members (excludes halogenated alkanes) is 9. The smallest absolute Gasteiger partial charge is 0.195 e. The van der Waals surface area contributed by atoms with E-state index in [9.17, 15) is 5.11 Å². The van der Waals surface area contributed by atoms with E-state index in [2.05, 4.69) is 20.0 Å². The van der Waals surface area contributed by atoms with Gasteiger partial charge in [-0.15, -0.1) is 0 Å². The first-order valence-electron chi connectivity index (χ1n) is 10.9. The van der Waals surface area contributed by atoms with E-state index in [1.54, 1.807) is 5.23 Å². The lowest BCUT2D eigenvalue weighted by molar-refractivity contribution is -0.361. The van der Waals surface area contributed by atoms with Crippen molar-refractivity contribution >= 4 is 8.32 Å². The zero-order chi connectivity index (χ0) is 18.6. The normalized spacial score (nSPS) is 35.3. The van der Waals surface area contributed by atoms with Crippen molar-refractivity contribution in [3.8, 4) is 0 Å². The highest BCUT2D eigenvalue weighted by Crippen LogP contribution is 2.58. The quantitative estimate of drug-likeness (QED) is 0.394. The van der Waals surface area contributed by atoms with E-state index >= 15 is 0 Å². The standard InChI is InChI=1S/C20H39NO4Si/c1-4-5-6-7-8-9-10-11-12-13-14-17-19-20(16-22)18(26(2,3)25-19)15-23-21(20)24-17/h17-19,22H,4-16H2,1-3H3/t17-,18+,19-,20-/m1/s1. The molecule has 6 heteroatoms. The third-order valence-corrected chi connectivity index (χ3v) is 9.94. The molecule has 0 aromatic carbocycles. The van der Waals surface area contributed by atoms with Gasteiger partial charge in [0.2, 0.25) is 0 Å². The van der Waals surface area contributed by atoms with Gasteiger partial charge >= 0.3 is 0 Å². The minimum Gasteiger partial charge on any atom is -0.409 e. The van der Waals surface area contributed by atoms with Gasteiger partial charge in [-0.2, -0.15) is 0 Å². The molecule has 0 amide bonds. The van der Waals surface area contributed by atoms with Crippen LogP contribution in [0.2, 0.25) is 18.6 Å². The number of nitrogens with zero attached hydrogens (tertiary/aromatic N) is 1. The summed E-state index contributed by atoms with van der Waals surface area (Å²) in [7, 11) is -1.84. The topological polar surface area (TPSA) is 51.2 Å². The first-order chi connectivity index (χ1) is 12.6. The molecule has 0 aromatic heterocycles. The number of hydrogen-bond acceptors (Lipinski definition) is 5. The average Bonchev–Trinajstić information content (AvgIpc) is 3.20. The van der Waals surface area contributed by atoms with Crippen molar-refractivity contribution in [3.05, 3.63) is 0 Å². The van der Waals surface area contributed by atoms with Crippen molar-refractivity contribution in [2.24, 2.45) is 0 Å². The maximum Gasteiger partial charge on any atom is 0.195 e. The van der Waals surface area contributed by atoms with Gasteiger partial charge in [0.05, 0.1) is 19.3 Å². The summed E-state index contributed by atoms with van der Waals surface area (Å²) in [6.45, 7) is 7.46. The summed E-state index contributed by atoms with van der Waals surface area (Å²) in [6.07, 6.45) is 14.4. The van der Waals surface area contributed by atoms with Gasteiger partial charge in [0.25, 0.3) is 0 Å². The molecule has 0 radical (unpaired) electrons. The molecule has 4 atom stereocenters. The van der Waals surface area contributed by atoms with Crippen LogP contribution in [0.4, 0.5) is 0 Å². The second-order valence-corrected chi connectivity index (χ2v) is 13.2. The molecule has 0 aromatic rings. The van der Waals surface area contributed by atoms with Crippen molar-refractivity contribution in [2.75, 3.05) is 13.2 Å². The van der Waals surface area contributed by atoms with E-state index < -0.39 is 13.9 Å². The zero-order valence-corrected chi connectivity index (χ0v) is 18.0. The van der Waals surface area contributed by atoms with Gasteiger partial charge in [-0.1, -0.05) is 76.4 Å². The Morgan fingerprint density at radius 3 is 2.23 bits per heavy atom. The molecular weight excluding hydrogens is 346 g/mol. The van der Waals surface area contributed by atoms with E-state index in [1.165, 1.54) is 64.2 Å². The fraction of sp³-hybridized carbons (Fsp3) is 1.00. The number of hydrogen-bond donors (Lipinski definition) is 1.